The van der Waals surface area contributed by atoms with Crippen molar-refractivity contribution in [2.75, 3.05) is 5.88 Å². The second kappa shape index (κ2) is 5.18. The Balaban J connectivity index is 2.21. The van der Waals surface area contributed by atoms with Gasteiger partial charge in [0, 0.05) is 10.6 Å². The molecule has 92 valence electrons. The highest BCUT2D eigenvalue weighted by atomic mass is 32.2. The molecule has 0 aromatic heterocycles. The Morgan fingerprint density at radius 3 is 2.24 bits per heavy atom. The minimum absolute atomic E-state index is 0.633. The zero-order valence-corrected chi connectivity index (χ0v) is 11.9. The minimum atomic E-state index is 0.633. The molecule has 0 fully saturated rings. The third kappa shape index (κ3) is 2.68. The summed E-state index contributed by atoms with van der Waals surface area (Å²) in [7, 11) is 0. The normalized spacial score (nSPS) is 17.5. The van der Waals surface area contributed by atoms with Crippen LogP contribution in [0.15, 0.2) is 30.0 Å². The Kier molecular flexibility index (Phi) is 3.82. The maximum atomic E-state index is 3.37. The molecule has 1 N–H and O–H groups in total. The van der Waals surface area contributed by atoms with E-state index in [1.165, 1.54) is 21.7 Å². The van der Waals surface area contributed by atoms with Crippen molar-refractivity contribution in [1.29, 1.82) is 0 Å². The molecule has 1 aromatic rings. The van der Waals surface area contributed by atoms with Gasteiger partial charge < -0.3 is 5.32 Å². The Hall–Kier alpha value is -0.890. The molecule has 17 heavy (non-hydrogen) atoms. The molecule has 0 bridgehead atoms. The number of rotatable bonds is 3. The van der Waals surface area contributed by atoms with Gasteiger partial charge in [0.25, 0.3) is 0 Å². The SMILES string of the molecule is CC1=C(c2ccc([C@H](C)C(C)C)cc2)SCN1. The van der Waals surface area contributed by atoms with Gasteiger partial charge in [0.15, 0.2) is 0 Å². The fraction of sp³-hybridized carbons (Fsp3) is 0.467. The molecule has 0 aliphatic carbocycles. The van der Waals surface area contributed by atoms with Crippen LogP contribution >= 0.6 is 11.8 Å². The second-order valence-electron chi connectivity index (χ2n) is 5.07. The number of allylic oxidation sites excluding steroid dienone is 1. The maximum absolute atomic E-state index is 3.37. The molecular weight excluding hydrogens is 226 g/mol. The van der Waals surface area contributed by atoms with E-state index in [0.717, 1.165) is 5.88 Å². The lowest BCUT2D eigenvalue weighted by Crippen LogP contribution is -2.02. The molecule has 1 aromatic carbocycles. The average molecular weight is 247 g/mol. The smallest absolute Gasteiger partial charge is 0.0655 e. The van der Waals surface area contributed by atoms with Gasteiger partial charge in [0.1, 0.15) is 0 Å². The Labute approximate surface area is 109 Å². The predicted molar refractivity (Wildman–Crippen MR) is 77.9 cm³/mol. The second-order valence-corrected chi connectivity index (χ2v) is 6.06. The average Bonchev–Trinajstić information content (AvgIpc) is 2.74. The number of hydrogen-bond donors (Lipinski definition) is 1. The van der Waals surface area contributed by atoms with Crippen LogP contribution in [0.4, 0.5) is 0 Å². The van der Waals surface area contributed by atoms with Crippen molar-refractivity contribution in [1.82, 2.24) is 5.32 Å². The van der Waals surface area contributed by atoms with E-state index in [9.17, 15) is 0 Å². The summed E-state index contributed by atoms with van der Waals surface area (Å²) in [6.45, 7) is 9.01. The summed E-state index contributed by atoms with van der Waals surface area (Å²) in [5.74, 6) is 2.34. The van der Waals surface area contributed by atoms with Crippen LogP contribution in [0, 0.1) is 5.92 Å². The van der Waals surface area contributed by atoms with Gasteiger partial charge in [0.05, 0.1) is 5.88 Å². The van der Waals surface area contributed by atoms with Gasteiger partial charge in [-0.3, -0.25) is 0 Å². The Morgan fingerprint density at radius 1 is 1.12 bits per heavy atom. The Bertz CT molecular complexity index is 417. The summed E-state index contributed by atoms with van der Waals surface area (Å²) < 4.78 is 0. The standard InChI is InChI=1S/C15H21NS/c1-10(2)11(3)13-5-7-14(8-6-13)15-12(4)16-9-17-15/h5-8,10-11,16H,9H2,1-4H3/t11-/m1/s1. The monoisotopic (exact) mass is 247 g/mol. The van der Waals surface area contributed by atoms with Crippen LogP contribution in [0.5, 0.6) is 0 Å². The van der Waals surface area contributed by atoms with Gasteiger partial charge in [-0.15, -0.1) is 11.8 Å². The van der Waals surface area contributed by atoms with Crippen LogP contribution in [0.3, 0.4) is 0 Å². The van der Waals surface area contributed by atoms with Gasteiger partial charge in [-0.25, -0.2) is 0 Å². The number of nitrogens with one attached hydrogen (secondary N) is 1. The fourth-order valence-corrected chi connectivity index (χ4v) is 3.05. The third-order valence-corrected chi connectivity index (χ3v) is 4.71. The summed E-state index contributed by atoms with van der Waals surface area (Å²) in [5, 5.41) is 3.37. The summed E-state index contributed by atoms with van der Waals surface area (Å²) in [6, 6.07) is 9.07. The highest BCUT2D eigenvalue weighted by Gasteiger charge is 2.14. The van der Waals surface area contributed by atoms with Gasteiger partial charge in [-0.05, 0) is 29.9 Å². The Morgan fingerprint density at radius 2 is 1.76 bits per heavy atom. The molecule has 1 heterocycles. The van der Waals surface area contributed by atoms with Crippen molar-refractivity contribution in [2.45, 2.75) is 33.6 Å². The highest BCUT2D eigenvalue weighted by Crippen LogP contribution is 2.34. The van der Waals surface area contributed by atoms with Gasteiger partial charge in [-0.1, -0.05) is 45.0 Å². The quantitative estimate of drug-likeness (QED) is 0.848. The summed E-state index contributed by atoms with van der Waals surface area (Å²) in [5.41, 5.74) is 4.09. The van der Waals surface area contributed by atoms with E-state index in [1.54, 1.807) is 0 Å². The molecular formula is C15H21NS. The highest BCUT2D eigenvalue weighted by molar-refractivity contribution is 8.08. The summed E-state index contributed by atoms with van der Waals surface area (Å²) in [4.78, 5) is 1.40. The first-order valence-corrected chi connectivity index (χ1v) is 7.26. The van der Waals surface area contributed by atoms with Gasteiger partial charge in [0.2, 0.25) is 0 Å². The molecule has 0 spiro atoms. The first-order valence-electron chi connectivity index (χ1n) is 6.27. The molecule has 0 amide bonds. The van der Waals surface area contributed by atoms with E-state index in [2.05, 4.69) is 57.3 Å². The van der Waals surface area contributed by atoms with Crippen LogP contribution in [0.2, 0.25) is 0 Å². The fourth-order valence-electron chi connectivity index (χ4n) is 2.03. The lowest BCUT2D eigenvalue weighted by molar-refractivity contribution is 0.535. The van der Waals surface area contributed by atoms with Crippen LogP contribution < -0.4 is 5.32 Å². The van der Waals surface area contributed by atoms with Crippen molar-refractivity contribution in [3.8, 4) is 0 Å². The zero-order valence-electron chi connectivity index (χ0n) is 11.1. The molecule has 2 heteroatoms. The maximum Gasteiger partial charge on any atom is 0.0655 e. The number of benzene rings is 1. The minimum Gasteiger partial charge on any atom is -0.378 e. The van der Waals surface area contributed by atoms with E-state index < -0.39 is 0 Å². The molecule has 1 aliphatic heterocycles. The third-order valence-electron chi connectivity index (χ3n) is 3.59. The lowest BCUT2D eigenvalue weighted by atomic mass is 9.90. The summed E-state index contributed by atoms with van der Waals surface area (Å²) >= 11 is 1.89. The molecule has 0 saturated heterocycles. The predicted octanol–water partition coefficient (Wildman–Crippen LogP) is 4.43. The first-order chi connectivity index (χ1) is 8.09. The van der Waals surface area contributed by atoms with Crippen molar-refractivity contribution < 1.29 is 0 Å². The lowest BCUT2D eigenvalue weighted by Gasteiger charge is -2.16. The number of thioether (sulfide) groups is 1. The van der Waals surface area contributed by atoms with Gasteiger partial charge >= 0.3 is 0 Å². The first kappa shape index (κ1) is 12.6. The topological polar surface area (TPSA) is 12.0 Å². The van der Waals surface area contributed by atoms with E-state index in [4.69, 9.17) is 0 Å². The largest absolute Gasteiger partial charge is 0.378 e. The van der Waals surface area contributed by atoms with E-state index >= 15 is 0 Å². The summed E-state index contributed by atoms with van der Waals surface area (Å²) in [6.07, 6.45) is 0. The van der Waals surface area contributed by atoms with Crippen LogP contribution in [-0.2, 0) is 0 Å². The van der Waals surface area contributed by atoms with Crippen molar-refractivity contribution >= 4 is 16.7 Å². The molecule has 0 unspecified atom stereocenters. The molecule has 2 rings (SSSR count). The number of hydrogen-bond acceptors (Lipinski definition) is 2. The molecule has 1 nitrogen and oxygen atoms in total. The molecule has 0 saturated carbocycles. The molecule has 1 aliphatic rings. The zero-order chi connectivity index (χ0) is 12.4. The van der Waals surface area contributed by atoms with Crippen LogP contribution in [-0.4, -0.2) is 5.88 Å². The van der Waals surface area contributed by atoms with E-state index in [-0.39, 0.29) is 0 Å². The molecule has 1 atom stereocenters. The van der Waals surface area contributed by atoms with E-state index in [0.29, 0.717) is 11.8 Å². The van der Waals surface area contributed by atoms with Gasteiger partial charge in [-0.2, -0.15) is 0 Å². The van der Waals surface area contributed by atoms with Crippen molar-refractivity contribution in [3.63, 3.8) is 0 Å². The van der Waals surface area contributed by atoms with Crippen molar-refractivity contribution in [2.24, 2.45) is 5.92 Å². The van der Waals surface area contributed by atoms with E-state index in [1.807, 2.05) is 11.8 Å². The van der Waals surface area contributed by atoms with Crippen molar-refractivity contribution in [3.05, 3.63) is 41.1 Å². The molecule has 0 radical (unpaired) electrons. The van der Waals surface area contributed by atoms with Crippen LogP contribution in [0.25, 0.3) is 4.91 Å². The van der Waals surface area contributed by atoms with Crippen LogP contribution in [0.1, 0.15) is 44.7 Å².